The maximum Gasteiger partial charge on any atom is 0.0766 e. The van der Waals surface area contributed by atoms with Gasteiger partial charge in [-0.3, -0.25) is 4.68 Å². The fourth-order valence-electron chi connectivity index (χ4n) is 2.92. The molecule has 1 aromatic rings. The highest BCUT2D eigenvalue weighted by Crippen LogP contribution is 2.30. The highest BCUT2D eigenvalue weighted by molar-refractivity contribution is 9.10. The summed E-state index contributed by atoms with van der Waals surface area (Å²) in [6.45, 7) is 4.98. The zero-order chi connectivity index (χ0) is 14.0. The van der Waals surface area contributed by atoms with E-state index in [2.05, 4.69) is 34.9 Å². The lowest BCUT2D eigenvalue weighted by Crippen LogP contribution is -2.30. The van der Waals surface area contributed by atoms with Crippen LogP contribution in [0.4, 0.5) is 0 Å². The Morgan fingerprint density at radius 1 is 1.53 bits per heavy atom. The van der Waals surface area contributed by atoms with Gasteiger partial charge in [-0.25, -0.2) is 0 Å². The number of aromatic nitrogens is 2. The smallest absolute Gasteiger partial charge is 0.0766 e. The van der Waals surface area contributed by atoms with E-state index in [4.69, 9.17) is 4.74 Å². The van der Waals surface area contributed by atoms with Crippen LogP contribution in [-0.2, 0) is 24.6 Å². The number of halogens is 1. The molecular formula is C14H23BrN2O2. The van der Waals surface area contributed by atoms with E-state index in [0.717, 1.165) is 41.7 Å². The molecular weight excluding hydrogens is 308 g/mol. The summed E-state index contributed by atoms with van der Waals surface area (Å²) in [5.41, 5.74) is 2.13. The van der Waals surface area contributed by atoms with Crippen LogP contribution in [0.2, 0.25) is 0 Å². The maximum atomic E-state index is 10.5. The van der Waals surface area contributed by atoms with Gasteiger partial charge in [-0.05, 0) is 35.2 Å². The van der Waals surface area contributed by atoms with Crippen LogP contribution in [0.5, 0.6) is 0 Å². The van der Waals surface area contributed by atoms with Gasteiger partial charge in [-0.1, -0.05) is 13.8 Å². The number of rotatable bonds is 5. The molecule has 0 aromatic carbocycles. The van der Waals surface area contributed by atoms with Gasteiger partial charge in [0.15, 0.2) is 0 Å². The molecule has 1 aliphatic heterocycles. The molecule has 3 unspecified atom stereocenters. The zero-order valence-corrected chi connectivity index (χ0v) is 13.5. The first-order chi connectivity index (χ1) is 9.08. The average Bonchev–Trinajstić information content (AvgIpc) is 2.97. The standard InChI is InChI=1S/C14H23BrN2O2/c1-4-10-14(15)11(17(3)16-10)8-12(18)9-6-7-19-13(9)5-2/h9,12-13,18H,4-8H2,1-3H3. The Labute approximate surface area is 123 Å². The minimum Gasteiger partial charge on any atom is -0.392 e. The Kier molecular flexibility index (Phi) is 5.03. The third-order valence-electron chi connectivity index (χ3n) is 4.06. The minimum absolute atomic E-state index is 0.202. The van der Waals surface area contributed by atoms with Crippen molar-refractivity contribution >= 4 is 15.9 Å². The van der Waals surface area contributed by atoms with Crippen molar-refractivity contribution in [3.63, 3.8) is 0 Å². The third kappa shape index (κ3) is 3.03. The van der Waals surface area contributed by atoms with Gasteiger partial charge in [-0.15, -0.1) is 0 Å². The predicted molar refractivity (Wildman–Crippen MR) is 78.1 cm³/mol. The molecule has 5 heteroatoms. The first kappa shape index (κ1) is 15.0. The molecule has 2 heterocycles. The fourth-order valence-corrected chi connectivity index (χ4v) is 3.69. The largest absolute Gasteiger partial charge is 0.392 e. The lowest BCUT2D eigenvalue weighted by atomic mass is 9.90. The fraction of sp³-hybridized carbons (Fsp3) is 0.786. The number of hydrogen-bond acceptors (Lipinski definition) is 3. The molecule has 3 atom stereocenters. The molecule has 1 aliphatic rings. The average molecular weight is 331 g/mol. The maximum absolute atomic E-state index is 10.5. The Balaban J connectivity index is 2.10. The van der Waals surface area contributed by atoms with Crippen LogP contribution in [0.15, 0.2) is 4.47 Å². The van der Waals surface area contributed by atoms with Crippen LogP contribution in [0.3, 0.4) is 0 Å². The van der Waals surface area contributed by atoms with Gasteiger partial charge < -0.3 is 9.84 Å². The molecule has 1 saturated heterocycles. The molecule has 0 aliphatic carbocycles. The van der Waals surface area contributed by atoms with Crippen molar-refractivity contribution in [2.75, 3.05) is 6.61 Å². The first-order valence-corrected chi connectivity index (χ1v) is 7.87. The number of aliphatic hydroxyl groups excluding tert-OH is 1. The van der Waals surface area contributed by atoms with Crippen molar-refractivity contribution in [3.05, 3.63) is 15.9 Å². The summed E-state index contributed by atoms with van der Waals surface area (Å²) in [7, 11) is 1.94. The summed E-state index contributed by atoms with van der Waals surface area (Å²) in [6.07, 6.45) is 3.30. The quantitative estimate of drug-likeness (QED) is 0.902. The van der Waals surface area contributed by atoms with E-state index in [1.807, 2.05) is 11.7 Å². The lowest BCUT2D eigenvalue weighted by Gasteiger charge is -2.22. The van der Waals surface area contributed by atoms with Crippen LogP contribution >= 0.6 is 15.9 Å². The summed E-state index contributed by atoms with van der Waals surface area (Å²) in [5.74, 6) is 0.247. The van der Waals surface area contributed by atoms with Gasteiger partial charge in [0.2, 0.25) is 0 Å². The molecule has 1 aromatic heterocycles. The molecule has 0 amide bonds. The van der Waals surface area contributed by atoms with Crippen LogP contribution in [0, 0.1) is 5.92 Å². The van der Waals surface area contributed by atoms with Crippen LogP contribution in [-0.4, -0.2) is 33.7 Å². The Bertz CT molecular complexity index is 433. The van der Waals surface area contributed by atoms with E-state index >= 15 is 0 Å². The monoisotopic (exact) mass is 330 g/mol. The summed E-state index contributed by atoms with van der Waals surface area (Å²) >= 11 is 3.61. The van der Waals surface area contributed by atoms with E-state index in [-0.39, 0.29) is 18.1 Å². The van der Waals surface area contributed by atoms with Crippen molar-refractivity contribution in [2.45, 2.75) is 51.7 Å². The SMILES string of the molecule is CCc1nn(C)c(CC(O)C2CCOC2CC)c1Br. The van der Waals surface area contributed by atoms with E-state index < -0.39 is 0 Å². The van der Waals surface area contributed by atoms with Gasteiger partial charge in [-0.2, -0.15) is 5.10 Å². The Morgan fingerprint density at radius 3 is 2.84 bits per heavy atom. The van der Waals surface area contributed by atoms with E-state index in [0.29, 0.717) is 6.42 Å². The van der Waals surface area contributed by atoms with Crippen molar-refractivity contribution in [3.8, 4) is 0 Å². The van der Waals surface area contributed by atoms with Crippen molar-refractivity contribution in [1.29, 1.82) is 0 Å². The van der Waals surface area contributed by atoms with Gasteiger partial charge >= 0.3 is 0 Å². The normalized spacial score (nSPS) is 24.9. The third-order valence-corrected chi connectivity index (χ3v) is 4.98. The second kappa shape index (κ2) is 6.37. The summed E-state index contributed by atoms with van der Waals surface area (Å²) in [5, 5.41) is 15.0. The number of hydrogen-bond donors (Lipinski definition) is 1. The molecule has 4 nitrogen and oxygen atoms in total. The zero-order valence-electron chi connectivity index (χ0n) is 11.9. The van der Waals surface area contributed by atoms with Crippen LogP contribution < -0.4 is 0 Å². The van der Waals surface area contributed by atoms with E-state index in [1.54, 1.807) is 0 Å². The van der Waals surface area contributed by atoms with Gasteiger partial charge in [0.1, 0.15) is 0 Å². The highest BCUT2D eigenvalue weighted by Gasteiger charge is 2.33. The molecule has 1 N–H and O–H groups in total. The Morgan fingerprint density at radius 2 is 2.26 bits per heavy atom. The number of ether oxygens (including phenoxy) is 1. The molecule has 1 fully saturated rings. The number of aliphatic hydroxyl groups is 1. The lowest BCUT2D eigenvalue weighted by molar-refractivity contribution is 0.0309. The second-order valence-corrected chi connectivity index (χ2v) is 6.02. The second-order valence-electron chi connectivity index (χ2n) is 5.23. The molecule has 0 saturated carbocycles. The molecule has 19 heavy (non-hydrogen) atoms. The van der Waals surface area contributed by atoms with Gasteiger partial charge in [0.25, 0.3) is 0 Å². The van der Waals surface area contributed by atoms with Gasteiger partial charge in [0, 0.05) is 26.0 Å². The summed E-state index contributed by atoms with van der Waals surface area (Å²) in [4.78, 5) is 0. The molecule has 0 bridgehead atoms. The van der Waals surface area contributed by atoms with Crippen LogP contribution in [0.25, 0.3) is 0 Å². The highest BCUT2D eigenvalue weighted by atomic mass is 79.9. The molecule has 2 rings (SSSR count). The predicted octanol–water partition coefficient (Wildman–Crippen LogP) is 2.46. The number of aryl methyl sites for hydroxylation is 2. The van der Waals surface area contributed by atoms with Gasteiger partial charge in [0.05, 0.1) is 28.1 Å². The number of nitrogens with zero attached hydrogens (tertiary/aromatic N) is 2. The molecule has 108 valence electrons. The minimum atomic E-state index is -0.358. The van der Waals surface area contributed by atoms with Crippen molar-refractivity contribution in [2.24, 2.45) is 13.0 Å². The van der Waals surface area contributed by atoms with Crippen LogP contribution in [0.1, 0.15) is 38.1 Å². The summed E-state index contributed by atoms with van der Waals surface area (Å²) < 4.78 is 8.59. The molecule has 0 spiro atoms. The molecule has 0 radical (unpaired) electrons. The first-order valence-electron chi connectivity index (χ1n) is 7.08. The topological polar surface area (TPSA) is 47.3 Å². The van der Waals surface area contributed by atoms with Crippen molar-refractivity contribution < 1.29 is 9.84 Å². The van der Waals surface area contributed by atoms with E-state index in [1.165, 1.54) is 0 Å². The van der Waals surface area contributed by atoms with Crippen molar-refractivity contribution in [1.82, 2.24) is 9.78 Å². The Hall–Kier alpha value is -0.390. The summed E-state index contributed by atoms with van der Waals surface area (Å²) in [6, 6.07) is 0. The van der Waals surface area contributed by atoms with E-state index in [9.17, 15) is 5.11 Å².